The van der Waals surface area contributed by atoms with Gasteiger partial charge in [-0.05, 0) is 30.3 Å². The second-order valence-corrected chi connectivity index (χ2v) is 8.29. The van der Waals surface area contributed by atoms with E-state index in [1.54, 1.807) is 6.07 Å². The third-order valence-corrected chi connectivity index (χ3v) is 5.58. The number of primary sulfonamides is 1. The first-order chi connectivity index (χ1) is 11.3. The predicted octanol–water partition coefficient (Wildman–Crippen LogP) is 1.68. The highest BCUT2D eigenvalue weighted by Gasteiger charge is 2.17. The second kappa shape index (κ2) is 5.86. The molecule has 0 spiro atoms. The number of nitrogens with two attached hydrogens (primary N) is 1. The molecule has 0 fully saturated rings. The van der Waals surface area contributed by atoms with Gasteiger partial charge in [0.05, 0.1) is 27.2 Å². The quantitative estimate of drug-likeness (QED) is 0.731. The molecule has 1 aromatic heterocycles. The number of para-hydroxylation sites is 1. The largest absolute Gasteiger partial charge is 0.278 e. The Morgan fingerprint density at radius 1 is 0.875 bits per heavy atom. The maximum absolute atomic E-state index is 12.4. The zero-order valence-electron chi connectivity index (χ0n) is 12.2. The van der Waals surface area contributed by atoms with Gasteiger partial charge in [-0.15, -0.1) is 0 Å². The van der Waals surface area contributed by atoms with Crippen LogP contribution in [0.4, 0.5) is 5.69 Å². The van der Waals surface area contributed by atoms with Crippen molar-refractivity contribution in [2.45, 2.75) is 9.79 Å². The normalized spacial score (nSPS) is 12.2. The van der Waals surface area contributed by atoms with Gasteiger partial charge in [-0.1, -0.05) is 24.3 Å². The summed E-state index contributed by atoms with van der Waals surface area (Å²) < 4.78 is 50.0. The molecule has 0 atom stereocenters. The van der Waals surface area contributed by atoms with Gasteiger partial charge < -0.3 is 0 Å². The molecule has 0 saturated heterocycles. The first kappa shape index (κ1) is 16.4. The van der Waals surface area contributed by atoms with E-state index in [1.165, 1.54) is 24.4 Å². The Kier molecular flexibility index (Phi) is 3.99. The monoisotopic (exact) mass is 363 g/mol. The van der Waals surface area contributed by atoms with E-state index in [0.717, 1.165) is 17.0 Å². The molecule has 2 aromatic carbocycles. The summed E-state index contributed by atoms with van der Waals surface area (Å²) in [5.41, 5.74) is 1.01. The number of fused-ring (bicyclic) bond motifs is 1. The van der Waals surface area contributed by atoms with Crippen LogP contribution in [0.2, 0.25) is 0 Å². The van der Waals surface area contributed by atoms with Crippen LogP contribution >= 0.6 is 0 Å². The molecule has 0 bridgehead atoms. The number of rotatable bonds is 4. The van der Waals surface area contributed by atoms with Crippen LogP contribution in [-0.4, -0.2) is 21.8 Å². The Balaban J connectivity index is 1.98. The first-order valence-electron chi connectivity index (χ1n) is 6.76. The molecule has 3 rings (SSSR count). The molecule has 1 heterocycles. The summed E-state index contributed by atoms with van der Waals surface area (Å²) in [7, 11) is -7.97. The number of hydrogen-bond donors (Lipinski definition) is 2. The van der Waals surface area contributed by atoms with Crippen LogP contribution in [0.1, 0.15) is 0 Å². The third kappa shape index (κ3) is 3.37. The van der Waals surface area contributed by atoms with E-state index in [0.29, 0.717) is 0 Å². The summed E-state index contributed by atoms with van der Waals surface area (Å²) >= 11 is 0. The van der Waals surface area contributed by atoms with E-state index >= 15 is 0 Å². The van der Waals surface area contributed by atoms with Crippen LogP contribution < -0.4 is 9.86 Å². The highest BCUT2D eigenvalue weighted by Crippen LogP contribution is 2.21. The predicted molar refractivity (Wildman–Crippen MR) is 90.4 cm³/mol. The summed E-state index contributed by atoms with van der Waals surface area (Å²) in [6.07, 6.45) is 1.39. The molecule has 3 N–H and O–H groups in total. The molecule has 0 saturated carbocycles. The fourth-order valence-corrected chi connectivity index (χ4v) is 3.87. The minimum Gasteiger partial charge on any atom is -0.278 e. The van der Waals surface area contributed by atoms with Crippen molar-refractivity contribution in [2.75, 3.05) is 4.72 Å². The lowest BCUT2D eigenvalue weighted by molar-refractivity contribution is 0.597. The first-order valence-corrected chi connectivity index (χ1v) is 9.79. The number of sulfonamides is 2. The van der Waals surface area contributed by atoms with E-state index in [1.807, 2.05) is 24.3 Å². The van der Waals surface area contributed by atoms with Gasteiger partial charge in [-0.3, -0.25) is 9.71 Å². The third-order valence-electron chi connectivity index (χ3n) is 3.29. The summed E-state index contributed by atoms with van der Waals surface area (Å²) in [6, 6.07) is 13.7. The number of hydrogen-bond acceptors (Lipinski definition) is 5. The van der Waals surface area contributed by atoms with Crippen molar-refractivity contribution in [2.24, 2.45) is 5.14 Å². The van der Waals surface area contributed by atoms with Gasteiger partial charge in [-0.25, -0.2) is 22.0 Å². The highest BCUT2D eigenvalue weighted by atomic mass is 32.2. The minimum atomic E-state index is -3.99. The zero-order chi connectivity index (χ0) is 17.4. The number of aromatic nitrogens is 1. The van der Waals surface area contributed by atoms with Crippen LogP contribution in [0, 0.1) is 0 Å². The molecule has 0 aliphatic rings. The molecule has 3 aromatic rings. The fourth-order valence-electron chi connectivity index (χ4n) is 2.16. The van der Waals surface area contributed by atoms with Gasteiger partial charge in [0.1, 0.15) is 0 Å². The zero-order valence-corrected chi connectivity index (χ0v) is 13.9. The van der Waals surface area contributed by atoms with Crippen molar-refractivity contribution < 1.29 is 16.8 Å². The molecule has 124 valence electrons. The van der Waals surface area contributed by atoms with Gasteiger partial charge in [0.15, 0.2) is 0 Å². The topological polar surface area (TPSA) is 119 Å². The summed E-state index contributed by atoms with van der Waals surface area (Å²) in [6.45, 7) is 0. The Hall–Kier alpha value is -2.49. The molecular formula is C15H13N3O4S2. The SMILES string of the molecule is NS(=O)(=O)c1cccc(S(=O)(=O)Nc2cnc3ccccc3c2)c1. The maximum Gasteiger partial charge on any atom is 0.261 e. The van der Waals surface area contributed by atoms with Crippen molar-refractivity contribution in [1.82, 2.24) is 4.98 Å². The standard InChI is InChI=1S/C15H13N3O4S2/c16-23(19,20)13-5-3-6-14(9-13)24(21,22)18-12-8-11-4-1-2-7-15(11)17-10-12/h1-10,18H,(H2,16,19,20). The fraction of sp³-hybridized carbons (Fsp3) is 0. The molecular weight excluding hydrogens is 350 g/mol. The van der Waals surface area contributed by atoms with Crippen LogP contribution in [0.25, 0.3) is 10.9 Å². The molecule has 0 radical (unpaired) electrons. The number of anilines is 1. The van der Waals surface area contributed by atoms with E-state index in [-0.39, 0.29) is 15.5 Å². The van der Waals surface area contributed by atoms with Crippen molar-refractivity contribution in [3.8, 4) is 0 Å². The van der Waals surface area contributed by atoms with E-state index in [9.17, 15) is 16.8 Å². The molecule has 0 amide bonds. The van der Waals surface area contributed by atoms with Crippen molar-refractivity contribution >= 4 is 36.6 Å². The Bertz CT molecular complexity index is 1130. The minimum absolute atomic E-state index is 0.206. The average Bonchev–Trinajstić information content (AvgIpc) is 2.54. The van der Waals surface area contributed by atoms with Crippen LogP contribution in [0.3, 0.4) is 0 Å². The van der Waals surface area contributed by atoms with Crippen molar-refractivity contribution in [1.29, 1.82) is 0 Å². The number of nitrogens with one attached hydrogen (secondary N) is 1. The smallest absolute Gasteiger partial charge is 0.261 e. The van der Waals surface area contributed by atoms with Crippen molar-refractivity contribution in [3.05, 3.63) is 60.8 Å². The summed E-state index contributed by atoms with van der Waals surface area (Å²) in [5.74, 6) is 0. The van der Waals surface area contributed by atoms with Crippen LogP contribution in [-0.2, 0) is 20.0 Å². The Morgan fingerprint density at radius 3 is 2.33 bits per heavy atom. The second-order valence-electron chi connectivity index (χ2n) is 5.04. The molecule has 24 heavy (non-hydrogen) atoms. The van der Waals surface area contributed by atoms with Gasteiger partial charge >= 0.3 is 0 Å². The van der Waals surface area contributed by atoms with Crippen LogP contribution in [0.15, 0.2) is 70.6 Å². The average molecular weight is 363 g/mol. The number of pyridine rings is 1. The lowest BCUT2D eigenvalue weighted by Crippen LogP contribution is -2.16. The molecule has 0 unspecified atom stereocenters. The van der Waals surface area contributed by atoms with Gasteiger partial charge in [0, 0.05) is 5.39 Å². The summed E-state index contributed by atoms with van der Waals surface area (Å²) in [5, 5.41) is 5.80. The van der Waals surface area contributed by atoms with E-state index in [2.05, 4.69) is 9.71 Å². The molecule has 0 aliphatic carbocycles. The lowest BCUT2D eigenvalue weighted by Gasteiger charge is -2.09. The van der Waals surface area contributed by atoms with Gasteiger partial charge in [-0.2, -0.15) is 0 Å². The van der Waals surface area contributed by atoms with Crippen LogP contribution in [0.5, 0.6) is 0 Å². The highest BCUT2D eigenvalue weighted by molar-refractivity contribution is 7.93. The number of benzene rings is 2. The van der Waals surface area contributed by atoms with E-state index in [4.69, 9.17) is 5.14 Å². The van der Waals surface area contributed by atoms with Crippen molar-refractivity contribution in [3.63, 3.8) is 0 Å². The molecule has 7 nitrogen and oxygen atoms in total. The molecule has 0 aliphatic heterocycles. The van der Waals surface area contributed by atoms with E-state index < -0.39 is 20.0 Å². The van der Waals surface area contributed by atoms with Gasteiger partial charge in [0.25, 0.3) is 10.0 Å². The Morgan fingerprint density at radius 2 is 1.58 bits per heavy atom. The van der Waals surface area contributed by atoms with Gasteiger partial charge in [0.2, 0.25) is 10.0 Å². The molecule has 9 heteroatoms. The maximum atomic E-state index is 12.4. The number of nitrogens with zero attached hydrogens (tertiary/aromatic N) is 1. The lowest BCUT2D eigenvalue weighted by atomic mass is 10.2. The Labute approximate surface area is 139 Å². The summed E-state index contributed by atoms with van der Waals surface area (Å²) in [4.78, 5) is 3.69.